The second-order valence-electron chi connectivity index (χ2n) is 2.66. The summed E-state index contributed by atoms with van der Waals surface area (Å²) >= 11 is 0. The minimum absolute atomic E-state index is 0.502. The molecule has 0 bridgehead atoms. The van der Waals surface area contributed by atoms with Crippen LogP contribution in [0.1, 0.15) is 6.42 Å². The molecule has 0 unspecified atom stereocenters. The molecule has 0 aromatic heterocycles. The zero-order chi connectivity index (χ0) is 10.1. The number of methoxy groups -OCH3 is 1. The number of amides is 1. The number of ether oxygens (including phenoxy) is 2. The lowest BCUT2D eigenvalue weighted by Gasteiger charge is -2.12. The summed E-state index contributed by atoms with van der Waals surface area (Å²) < 4.78 is 9.94. The first kappa shape index (κ1) is 12.2. The molecule has 78 valence electrons. The Morgan fingerprint density at radius 1 is 1.38 bits per heavy atom. The Kier molecular flexibility index (Phi) is 7.33. The molecule has 0 aromatic rings. The van der Waals surface area contributed by atoms with Crippen LogP contribution in [0.2, 0.25) is 0 Å². The van der Waals surface area contributed by atoms with Crippen molar-refractivity contribution in [2.45, 2.75) is 6.42 Å². The zero-order valence-electron chi connectivity index (χ0n) is 8.15. The Bertz CT molecular complexity index is 140. The molecule has 0 aliphatic carbocycles. The molecule has 0 atom stereocenters. The third-order valence-corrected chi connectivity index (χ3v) is 1.54. The van der Waals surface area contributed by atoms with Gasteiger partial charge in [0.05, 0.1) is 13.2 Å². The molecule has 1 N–H and O–H groups in total. The van der Waals surface area contributed by atoms with Crippen molar-refractivity contribution in [2.75, 3.05) is 40.5 Å². The van der Waals surface area contributed by atoms with E-state index in [-0.39, 0.29) is 0 Å². The van der Waals surface area contributed by atoms with Crippen molar-refractivity contribution in [2.24, 2.45) is 0 Å². The van der Waals surface area contributed by atoms with E-state index in [1.54, 1.807) is 7.11 Å². The lowest BCUT2D eigenvalue weighted by Crippen LogP contribution is -2.26. The van der Waals surface area contributed by atoms with Crippen LogP contribution in [0.3, 0.4) is 0 Å². The summed E-state index contributed by atoms with van der Waals surface area (Å²) in [4.78, 5) is 11.6. The Labute approximate surface area is 78.2 Å². The quantitative estimate of drug-likeness (QED) is 0.600. The molecular formula is C8H17NO4. The summed E-state index contributed by atoms with van der Waals surface area (Å²) in [7, 11) is 3.15. The largest absolute Gasteiger partial charge is 0.465 e. The van der Waals surface area contributed by atoms with Crippen LogP contribution in [0.4, 0.5) is 4.79 Å². The van der Waals surface area contributed by atoms with E-state index < -0.39 is 6.09 Å². The van der Waals surface area contributed by atoms with Crippen LogP contribution in [0, 0.1) is 0 Å². The molecule has 1 amide bonds. The number of hydrogen-bond acceptors (Lipinski definition) is 3. The first-order valence-corrected chi connectivity index (χ1v) is 4.19. The topological polar surface area (TPSA) is 59.0 Å². The molecule has 0 saturated carbocycles. The lowest BCUT2D eigenvalue weighted by atomic mass is 10.4. The van der Waals surface area contributed by atoms with Crippen molar-refractivity contribution in [3.05, 3.63) is 0 Å². The molecule has 0 aromatic carbocycles. The van der Waals surface area contributed by atoms with Crippen LogP contribution in [0.5, 0.6) is 0 Å². The van der Waals surface area contributed by atoms with Crippen molar-refractivity contribution >= 4 is 6.09 Å². The highest BCUT2D eigenvalue weighted by molar-refractivity contribution is 5.64. The molecule has 0 aliphatic heterocycles. The predicted octanol–water partition coefficient (Wildman–Crippen LogP) is 0.649. The number of carboxylic acid groups (broad SMARTS) is 1. The first-order chi connectivity index (χ1) is 6.18. The third kappa shape index (κ3) is 7.55. The second-order valence-corrected chi connectivity index (χ2v) is 2.66. The van der Waals surface area contributed by atoms with Gasteiger partial charge in [-0.15, -0.1) is 0 Å². The molecule has 0 heterocycles. The van der Waals surface area contributed by atoms with Crippen LogP contribution in [-0.2, 0) is 9.47 Å². The number of nitrogens with zero attached hydrogens (tertiary/aromatic N) is 1. The minimum Gasteiger partial charge on any atom is -0.465 e. The van der Waals surface area contributed by atoms with Gasteiger partial charge in [-0.2, -0.15) is 0 Å². The van der Waals surface area contributed by atoms with Crippen molar-refractivity contribution in [1.82, 2.24) is 4.90 Å². The van der Waals surface area contributed by atoms with E-state index in [1.807, 2.05) is 0 Å². The Morgan fingerprint density at radius 2 is 2.08 bits per heavy atom. The summed E-state index contributed by atoms with van der Waals surface area (Å²) in [5, 5.41) is 8.49. The number of hydrogen-bond donors (Lipinski definition) is 1. The van der Waals surface area contributed by atoms with E-state index >= 15 is 0 Å². The highest BCUT2D eigenvalue weighted by Gasteiger charge is 2.03. The molecule has 0 radical (unpaired) electrons. The molecule has 5 heteroatoms. The predicted molar refractivity (Wildman–Crippen MR) is 48.0 cm³/mol. The van der Waals surface area contributed by atoms with E-state index in [2.05, 4.69) is 0 Å². The van der Waals surface area contributed by atoms with Crippen LogP contribution in [-0.4, -0.2) is 56.6 Å². The van der Waals surface area contributed by atoms with Crippen LogP contribution in [0.15, 0.2) is 0 Å². The normalized spacial score (nSPS) is 10.0. The maximum atomic E-state index is 10.3. The van der Waals surface area contributed by atoms with Gasteiger partial charge in [-0.25, -0.2) is 4.79 Å². The zero-order valence-corrected chi connectivity index (χ0v) is 8.15. The molecular weight excluding hydrogens is 174 g/mol. The van der Waals surface area contributed by atoms with Crippen molar-refractivity contribution < 1.29 is 19.4 Å². The molecule has 0 rings (SSSR count). The molecule has 0 saturated heterocycles. The van der Waals surface area contributed by atoms with E-state index in [1.165, 1.54) is 11.9 Å². The fraction of sp³-hybridized carbons (Fsp3) is 0.875. The minimum atomic E-state index is -0.906. The van der Waals surface area contributed by atoms with Gasteiger partial charge in [0.2, 0.25) is 0 Å². The third-order valence-electron chi connectivity index (χ3n) is 1.54. The van der Waals surface area contributed by atoms with Gasteiger partial charge in [-0.1, -0.05) is 0 Å². The van der Waals surface area contributed by atoms with Gasteiger partial charge in [0.1, 0.15) is 0 Å². The summed E-state index contributed by atoms with van der Waals surface area (Å²) in [5.74, 6) is 0. The van der Waals surface area contributed by atoms with E-state index in [0.717, 1.165) is 0 Å². The van der Waals surface area contributed by atoms with Crippen molar-refractivity contribution in [3.63, 3.8) is 0 Å². The average Bonchev–Trinajstić information content (AvgIpc) is 2.10. The maximum Gasteiger partial charge on any atom is 0.407 e. The van der Waals surface area contributed by atoms with Gasteiger partial charge in [0.15, 0.2) is 0 Å². The van der Waals surface area contributed by atoms with E-state index in [0.29, 0.717) is 32.8 Å². The number of rotatable bonds is 7. The maximum absolute atomic E-state index is 10.3. The molecule has 0 aliphatic rings. The van der Waals surface area contributed by atoms with Gasteiger partial charge in [-0.05, 0) is 6.42 Å². The van der Waals surface area contributed by atoms with Crippen LogP contribution >= 0.6 is 0 Å². The van der Waals surface area contributed by atoms with Gasteiger partial charge in [0, 0.05) is 27.3 Å². The average molecular weight is 191 g/mol. The van der Waals surface area contributed by atoms with Crippen molar-refractivity contribution in [3.8, 4) is 0 Å². The highest BCUT2D eigenvalue weighted by atomic mass is 16.5. The molecule has 0 fully saturated rings. The SMILES string of the molecule is COCCOCCCN(C)C(=O)O. The highest BCUT2D eigenvalue weighted by Crippen LogP contribution is 1.89. The van der Waals surface area contributed by atoms with Crippen molar-refractivity contribution in [1.29, 1.82) is 0 Å². The smallest absolute Gasteiger partial charge is 0.407 e. The fourth-order valence-corrected chi connectivity index (χ4v) is 0.744. The summed E-state index contributed by atoms with van der Waals surface area (Å²) in [6.07, 6.45) is -0.191. The Hall–Kier alpha value is -0.810. The summed E-state index contributed by atoms with van der Waals surface area (Å²) in [6, 6.07) is 0. The van der Waals surface area contributed by atoms with Crippen LogP contribution < -0.4 is 0 Å². The number of carbonyl (C=O) groups is 1. The van der Waals surface area contributed by atoms with E-state index in [9.17, 15) is 4.79 Å². The lowest BCUT2D eigenvalue weighted by molar-refractivity contribution is 0.0660. The van der Waals surface area contributed by atoms with Gasteiger partial charge >= 0.3 is 6.09 Å². The molecule has 13 heavy (non-hydrogen) atoms. The van der Waals surface area contributed by atoms with Crippen LogP contribution in [0.25, 0.3) is 0 Å². The van der Waals surface area contributed by atoms with Gasteiger partial charge < -0.3 is 19.5 Å². The standard InChI is InChI=1S/C8H17NO4/c1-9(8(10)11)4-3-5-13-7-6-12-2/h3-7H2,1-2H3,(H,10,11). The van der Waals surface area contributed by atoms with Gasteiger partial charge in [-0.3, -0.25) is 0 Å². The first-order valence-electron chi connectivity index (χ1n) is 4.19. The molecule has 0 spiro atoms. The summed E-state index contributed by atoms with van der Waals surface area (Å²) in [5.41, 5.74) is 0. The monoisotopic (exact) mass is 191 g/mol. The Balaban J connectivity index is 3.11. The molecule has 5 nitrogen and oxygen atoms in total. The Morgan fingerprint density at radius 3 is 2.62 bits per heavy atom. The second kappa shape index (κ2) is 7.82. The van der Waals surface area contributed by atoms with E-state index in [4.69, 9.17) is 14.6 Å². The fourth-order valence-electron chi connectivity index (χ4n) is 0.744. The summed E-state index contributed by atoms with van der Waals surface area (Å²) in [6.45, 7) is 2.21. The van der Waals surface area contributed by atoms with Gasteiger partial charge in [0.25, 0.3) is 0 Å².